The quantitative estimate of drug-likeness (QED) is 0.807. The fourth-order valence-corrected chi connectivity index (χ4v) is 3.16. The summed E-state index contributed by atoms with van der Waals surface area (Å²) in [6.07, 6.45) is 6.52. The molecule has 0 unspecified atom stereocenters. The molecule has 3 rings (SSSR count). The molecule has 1 aliphatic heterocycles. The number of aromatic nitrogens is 3. The van der Waals surface area contributed by atoms with Crippen LogP contribution in [0.5, 0.6) is 0 Å². The molecule has 6 heteroatoms. The molecule has 1 atom stereocenters. The zero-order chi connectivity index (χ0) is 17.5. The fraction of sp³-hybridized carbons (Fsp3) is 0.526. The average Bonchev–Trinajstić information content (AvgIpc) is 2.90. The molecule has 0 fully saturated rings. The molecule has 0 aliphatic carbocycles. The number of anilines is 1. The molecule has 134 valence electrons. The smallest absolute Gasteiger partial charge is 0.156 e. The molecule has 2 aromatic heterocycles. The molecule has 0 saturated carbocycles. The number of hydrogen-bond donors (Lipinski definition) is 2. The Hall–Kier alpha value is -2.05. The molecule has 2 aromatic rings. The summed E-state index contributed by atoms with van der Waals surface area (Å²) in [5.74, 6) is 1.71. The average molecular weight is 341 g/mol. The van der Waals surface area contributed by atoms with Crippen molar-refractivity contribution < 1.29 is 4.74 Å². The second kappa shape index (κ2) is 8.87. The second-order valence-electron chi connectivity index (χ2n) is 6.19. The van der Waals surface area contributed by atoms with Gasteiger partial charge in [-0.2, -0.15) is 0 Å². The van der Waals surface area contributed by atoms with Crippen molar-refractivity contribution in [3.05, 3.63) is 47.2 Å². The van der Waals surface area contributed by atoms with Gasteiger partial charge in [0.05, 0.1) is 11.7 Å². The lowest BCUT2D eigenvalue weighted by Crippen LogP contribution is -2.17. The molecule has 25 heavy (non-hydrogen) atoms. The summed E-state index contributed by atoms with van der Waals surface area (Å²) < 4.78 is 5.54. The zero-order valence-corrected chi connectivity index (χ0v) is 15.1. The Labute approximate surface area is 149 Å². The first-order valence-electron chi connectivity index (χ1n) is 9.15. The van der Waals surface area contributed by atoms with Crippen molar-refractivity contribution in [3.8, 4) is 0 Å². The van der Waals surface area contributed by atoms with Gasteiger partial charge in [-0.15, -0.1) is 0 Å². The van der Waals surface area contributed by atoms with E-state index in [-0.39, 0.29) is 6.04 Å². The summed E-state index contributed by atoms with van der Waals surface area (Å²) in [7, 11) is 0. The van der Waals surface area contributed by atoms with Gasteiger partial charge in [-0.25, -0.2) is 9.97 Å². The molecule has 1 aliphatic rings. The predicted molar refractivity (Wildman–Crippen MR) is 98.5 cm³/mol. The maximum absolute atomic E-state index is 5.54. The highest BCUT2D eigenvalue weighted by Crippen LogP contribution is 2.26. The first-order valence-corrected chi connectivity index (χ1v) is 9.15. The van der Waals surface area contributed by atoms with Crippen LogP contribution in [0.15, 0.2) is 24.5 Å². The van der Waals surface area contributed by atoms with E-state index in [9.17, 15) is 0 Å². The van der Waals surface area contributed by atoms with Gasteiger partial charge in [0.2, 0.25) is 0 Å². The zero-order valence-electron chi connectivity index (χ0n) is 15.1. The van der Waals surface area contributed by atoms with Crippen molar-refractivity contribution in [2.75, 3.05) is 25.0 Å². The second-order valence-corrected chi connectivity index (χ2v) is 6.19. The van der Waals surface area contributed by atoms with E-state index in [1.165, 1.54) is 11.1 Å². The maximum Gasteiger partial charge on any atom is 0.156 e. The summed E-state index contributed by atoms with van der Waals surface area (Å²) in [4.78, 5) is 13.7. The highest BCUT2D eigenvalue weighted by Gasteiger charge is 2.19. The normalized spacial score (nSPS) is 15.3. The van der Waals surface area contributed by atoms with E-state index in [4.69, 9.17) is 14.7 Å². The lowest BCUT2D eigenvalue weighted by molar-refractivity contribution is 0.128. The minimum atomic E-state index is 0.207. The van der Waals surface area contributed by atoms with Crippen molar-refractivity contribution in [1.82, 2.24) is 20.3 Å². The van der Waals surface area contributed by atoms with Crippen molar-refractivity contribution in [2.24, 2.45) is 0 Å². The van der Waals surface area contributed by atoms with Crippen LogP contribution >= 0.6 is 0 Å². The molecular formula is C19H27N5O. The van der Waals surface area contributed by atoms with Crippen molar-refractivity contribution in [1.29, 1.82) is 0 Å². The van der Waals surface area contributed by atoms with Gasteiger partial charge in [0, 0.05) is 37.5 Å². The number of hydrogen-bond acceptors (Lipinski definition) is 6. The van der Waals surface area contributed by atoms with Gasteiger partial charge >= 0.3 is 0 Å². The largest absolute Gasteiger partial charge is 0.374 e. The Morgan fingerprint density at radius 1 is 1.16 bits per heavy atom. The van der Waals surface area contributed by atoms with Gasteiger partial charge < -0.3 is 15.4 Å². The Balaban J connectivity index is 1.92. The van der Waals surface area contributed by atoms with E-state index in [1.807, 2.05) is 19.3 Å². The van der Waals surface area contributed by atoms with Crippen LogP contribution in [0, 0.1) is 0 Å². The lowest BCUT2D eigenvalue weighted by Gasteiger charge is -2.21. The van der Waals surface area contributed by atoms with Crippen molar-refractivity contribution >= 4 is 5.82 Å². The number of nitrogens with zero attached hydrogens (tertiary/aromatic N) is 3. The number of ether oxygens (including phenoxy) is 1. The van der Waals surface area contributed by atoms with Gasteiger partial charge in [0.1, 0.15) is 12.4 Å². The molecule has 3 heterocycles. The van der Waals surface area contributed by atoms with E-state index < -0.39 is 0 Å². The van der Waals surface area contributed by atoms with E-state index in [0.29, 0.717) is 13.2 Å². The topological polar surface area (TPSA) is 72.0 Å². The molecule has 0 saturated heterocycles. The number of rotatable bonds is 7. The monoisotopic (exact) mass is 341 g/mol. The van der Waals surface area contributed by atoms with E-state index in [1.54, 1.807) is 0 Å². The minimum Gasteiger partial charge on any atom is -0.374 e. The van der Waals surface area contributed by atoms with Crippen LogP contribution in [0.1, 0.15) is 49.0 Å². The summed E-state index contributed by atoms with van der Waals surface area (Å²) in [5, 5.41) is 7.10. The molecule has 0 spiro atoms. The number of pyridine rings is 1. The van der Waals surface area contributed by atoms with Crippen molar-refractivity contribution in [3.63, 3.8) is 0 Å². The lowest BCUT2D eigenvalue weighted by atomic mass is 10.0. The van der Waals surface area contributed by atoms with Crippen LogP contribution in [0.3, 0.4) is 0 Å². The highest BCUT2D eigenvalue weighted by atomic mass is 16.5. The number of nitrogens with one attached hydrogen (secondary N) is 2. The molecule has 6 nitrogen and oxygen atoms in total. The Morgan fingerprint density at radius 3 is 2.72 bits per heavy atom. The van der Waals surface area contributed by atoms with Crippen LogP contribution in [0.2, 0.25) is 0 Å². The molecule has 0 radical (unpaired) electrons. The van der Waals surface area contributed by atoms with Crippen LogP contribution in [-0.2, 0) is 24.2 Å². The summed E-state index contributed by atoms with van der Waals surface area (Å²) in [6.45, 7) is 7.21. The molecule has 0 bridgehead atoms. The Kier molecular flexibility index (Phi) is 6.30. The molecule has 2 N–H and O–H groups in total. The minimum absolute atomic E-state index is 0.207. The third-order valence-electron chi connectivity index (χ3n) is 4.49. The summed E-state index contributed by atoms with van der Waals surface area (Å²) in [6, 6.07) is 4.33. The van der Waals surface area contributed by atoms with Gasteiger partial charge in [0.25, 0.3) is 0 Å². The van der Waals surface area contributed by atoms with Crippen molar-refractivity contribution in [2.45, 2.75) is 45.8 Å². The van der Waals surface area contributed by atoms with Crippen LogP contribution in [0.25, 0.3) is 0 Å². The van der Waals surface area contributed by atoms with E-state index in [2.05, 4.69) is 34.7 Å². The third kappa shape index (κ3) is 4.52. The SMILES string of the molecule is CCOCc1nc2c(c(N[C@H](CC)c3ccncc3)n1)CCNCC2. The van der Waals surface area contributed by atoms with Gasteiger partial charge in [-0.3, -0.25) is 4.98 Å². The Morgan fingerprint density at radius 2 is 1.96 bits per heavy atom. The molecule has 0 amide bonds. The standard InChI is InChI=1S/C19H27N5O/c1-3-16(14-5-9-20-10-6-14)23-19-15-7-11-21-12-8-17(15)22-18(24-19)13-25-4-2/h5-6,9-10,16,21H,3-4,7-8,11-13H2,1-2H3,(H,22,23,24)/t16-/m1/s1. The highest BCUT2D eigenvalue weighted by molar-refractivity contribution is 5.49. The Bertz CT molecular complexity index is 677. The first-order chi connectivity index (χ1) is 12.3. The van der Waals surface area contributed by atoms with Gasteiger partial charge in [-0.05, 0) is 44.0 Å². The van der Waals surface area contributed by atoms with Crippen LogP contribution < -0.4 is 10.6 Å². The fourth-order valence-electron chi connectivity index (χ4n) is 3.16. The predicted octanol–water partition coefficient (Wildman–Crippen LogP) is 2.66. The van der Waals surface area contributed by atoms with Gasteiger partial charge in [-0.1, -0.05) is 6.92 Å². The van der Waals surface area contributed by atoms with Crippen LogP contribution in [-0.4, -0.2) is 34.6 Å². The first kappa shape index (κ1) is 17.8. The maximum atomic E-state index is 5.54. The number of fused-ring (bicyclic) bond motifs is 1. The van der Waals surface area contributed by atoms with E-state index in [0.717, 1.165) is 49.7 Å². The summed E-state index contributed by atoms with van der Waals surface area (Å²) >= 11 is 0. The summed E-state index contributed by atoms with van der Waals surface area (Å²) in [5.41, 5.74) is 3.60. The van der Waals surface area contributed by atoms with E-state index >= 15 is 0 Å². The third-order valence-corrected chi connectivity index (χ3v) is 4.49. The molecule has 0 aromatic carbocycles. The molecular weight excluding hydrogens is 314 g/mol. The van der Waals surface area contributed by atoms with Crippen LogP contribution in [0.4, 0.5) is 5.82 Å². The van der Waals surface area contributed by atoms with Gasteiger partial charge in [0.15, 0.2) is 5.82 Å².